The maximum Gasteiger partial charge on any atom is 0.257 e. The molecule has 6 nitrogen and oxygen atoms in total. The summed E-state index contributed by atoms with van der Waals surface area (Å²) in [7, 11) is 0. The third kappa shape index (κ3) is 5.40. The van der Waals surface area contributed by atoms with Crippen molar-refractivity contribution in [3.05, 3.63) is 0 Å². The van der Waals surface area contributed by atoms with Crippen LogP contribution in [-0.4, -0.2) is 11.1 Å². The van der Waals surface area contributed by atoms with Gasteiger partial charge in [0.2, 0.25) is 13.4 Å². The molecule has 1 aliphatic heterocycles. The van der Waals surface area contributed by atoms with Crippen molar-refractivity contribution in [3.8, 4) is 0 Å². The molecule has 0 spiro atoms. The van der Waals surface area contributed by atoms with Gasteiger partial charge >= 0.3 is 0 Å². The van der Waals surface area contributed by atoms with Gasteiger partial charge in [-0.05, 0) is 180 Å². The first-order chi connectivity index (χ1) is 16.7. The summed E-state index contributed by atoms with van der Waals surface area (Å²) in [5.74, 6) is -2.28. The van der Waals surface area contributed by atoms with E-state index in [0.717, 1.165) is 74.0 Å². The van der Waals surface area contributed by atoms with Gasteiger partial charge in [0.15, 0.2) is 0 Å². The standard InChI is InChI=1S/C20H32Cl6N6P4/c21-33(22)29-35(25,27-19-7-13-1-14(8-19)3-15(2-13)9-19)30-34(23,24)32-36(26,31-33)28-20-10-16-4-17(11-20)6-18(5-16)12-20/h13-18,27-28H,1-12H2. The van der Waals surface area contributed by atoms with E-state index in [0.29, 0.717) is 0 Å². The predicted octanol–water partition coefficient (Wildman–Crippen LogP) is 12.3. The van der Waals surface area contributed by atoms with E-state index >= 15 is 0 Å². The summed E-state index contributed by atoms with van der Waals surface area (Å²) in [5, 5.41) is 7.33. The first kappa shape index (κ1) is 27.4. The number of hydrogen-bond donors (Lipinski definition) is 2. The molecule has 0 aromatic rings. The Morgan fingerprint density at radius 3 is 0.944 bits per heavy atom. The summed E-state index contributed by atoms with van der Waals surface area (Å²) >= 11 is 41.7. The van der Waals surface area contributed by atoms with E-state index < -0.39 is 25.2 Å². The van der Waals surface area contributed by atoms with Crippen LogP contribution in [0.15, 0.2) is 18.1 Å². The number of nitrogens with one attached hydrogen (secondary N) is 2. The maximum absolute atomic E-state index is 7.16. The Balaban J connectivity index is 1.24. The molecule has 8 bridgehead atoms. The summed E-state index contributed by atoms with van der Waals surface area (Å²) in [4.78, 5) is 0. The van der Waals surface area contributed by atoms with Gasteiger partial charge in [0.25, 0.3) is 11.8 Å². The van der Waals surface area contributed by atoms with E-state index in [1.54, 1.807) is 0 Å². The van der Waals surface area contributed by atoms with Crippen LogP contribution < -0.4 is 10.2 Å². The molecule has 0 saturated heterocycles. The Morgan fingerprint density at radius 2 is 0.694 bits per heavy atom. The molecule has 2 atom stereocenters. The number of hydrogen-bond acceptors (Lipinski definition) is 6. The Morgan fingerprint density at radius 1 is 0.444 bits per heavy atom. The zero-order valence-electron chi connectivity index (χ0n) is 19.8. The zero-order chi connectivity index (χ0) is 25.2. The van der Waals surface area contributed by atoms with E-state index in [9.17, 15) is 0 Å². The molecule has 8 aliphatic carbocycles. The van der Waals surface area contributed by atoms with Crippen LogP contribution in [-0.2, 0) is 0 Å². The van der Waals surface area contributed by atoms with Crippen molar-refractivity contribution < 1.29 is 0 Å². The van der Waals surface area contributed by atoms with E-state index in [-0.39, 0.29) is 11.1 Å². The quantitative estimate of drug-likeness (QED) is 0.288. The smallest absolute Gasteiger partial charge is 0.247 e. The van der Waals surface area contributed by atoms with E-state index in [4.69, 9.17) is 85.5 Å². The van der Waals surface area contributed by atoms with Crippen LogP contribution in [0.2, 0.25) is 0 Å². The summed E-state index contributed by atoms with van der Waals surface area (Å²) in [6.45, 7) is -6.33. The van der Waals surface area contributed by atoms with Gasteiger partial charge in [0.1, 0.15) is 0 Å². The normalized spacial score (nSPS) is 55.6. The van der Waals surface area contributed by atoms with Crippen LogP contribution in [0.25, 0.3) is 0 Å². The monoisotopic (exact) mass is 690 g/mol. The lowest BCUT2D eigenvalue weighted by Crippen LogP contribution is -2.56. The van der Waals surface area contributed by atoms with Gasteiger partial charge in [0, 0.05) is 11.1 Å². The molecule has 2 N–H and O–H groups in total. The number of halogens is 6. The maximum atomic E-state index is 7.16. The highest BCUT2D eigenvalue weighted by molar-refractivity contribution is 8.20. The van der Waals surface area contributed by atoms with Crippen LogP contribution in [0.3, 0.4) is 0 Å². The van der Waals surface area contributed by atoms with Crippen molar-refractivity contribution >= 4 is 92.7 Å². The highest BCUT2D eigenvalue weighted by Gasteiger charge is 2.54. The van der Waals surface area contributed by atoms with Crippen LogP contribution in [0.5, 0.6) is 0 Å². The molecule has 8 fully saturated rings. The van der Waals surface area contributed by atoms with E-state index in [1.807, 2.05) is 0 Å². The van der Waals surface area contributed by atoms with Gasteiger partial charge in [-0.15, -0.1) is 0 Å². The summed E-state index contributed by atoms with van der Waals surface area (Å²) in [6.07, 6.45) is 14.3. The average molecular weight is 693 g/mol. The Bertz CT molecular complexity index is 1050. The molecule has 16 heteroatoms. The van der Waals surface area contributed by atoms with Crippen LogP contribution in [0, 0.1) is 35.5 Å². The van der Waals surface area contributed by atoms with E-state index in [2.05, 4.69) is 10.2 Å². The van der Waals surface area contributed by atoms with Crippen LogP contribution in [0.1, 0.15) is 77.0 Å². The van der Waals surface area contributed by atoms with Crippen molar-refractivity contribution in [2.45, 2.75) is 88.1 Å². The molecular weight excluding hydrogens is 661 g/mol. The van der Waals surface area contributed by atoms with Gasteiger partial charge < -0.3 is 0 Å². The fraction of sp³-hybridized carbons (Fsp3) is 1.00. The summed E-state index contributed by atoms with van der Waals surface area (Å²) < 4.78 is 19.0. The minimum absolute atomic E-state index is 0.122. The molecule has 1 heterocycles. The van der Waals surface area contributed by atoms with Gasteiger partial charge in [-0.3, -0.25) is 0 Å². The van der Waals surface area contributed by atoms with Gasteiger partial charge in [0.05, 0.1) is 0 Å². The highest BCUT2D eigenvalue weighted by atomic mass is 35.9. The second kappa shape index (κ2) is 9.04. The van der Waals surface area contributed by atoms with Crippen molar-refractivity contribution in [2.24, 2.45) is 53.6 Å². The Hall–Kier alpha value is 2.58. The minimum Gasteiger partial charge on any atom is -0.247 e. The van der Waals surface area contributed by atoms with Crippen LogP contribution >= 0.6 is 92.7 Å². The lowest BCUT2D eigenvalue weighted by atomic mass is 9.53. The van der Waals surface area contributed by atoms with Crippen LogP contribution in [0.4, 0.5) is 0 Å². The molecule has 0 amide bonds. The van der Waals surface area contributed by atoms with Crippen molar-refractivity contribution in [1.29, 1.82) is 0 Å². The average Bonchev–Trinajstić information content (AvgIpc) is 2.60. The highest BCUT2D eigenvalue weighted by Crippen LogP contribution is 2.85. The summed E-state index contributed by atoms with van der Waals surface area (Å²) in [6, 6.07) is 0. The van der Waals surface area contributed by atoms with E-state index in [1.165, 1.54) is 38.5 Å². The largest absolute Gasteiger partial charge is 0.257 e. The molecule has 36 heavy (non-hydrogen) atoms. The molecule has 0 aromatic carbocycles. The topological polar surface area (TPSA) is 73.5 Å². The number of rotatable bonds is 4. The molecule has 8 saturated carbocycles. The molecule has 0 aromatic heterocycles. The second-order valence-electron chi connectivity index (χ2n) is 12.9. The van der Waals surface area contributed by atoms with Crippen molar-refractivity contribution in [2.75, 3.05) is 0 Å². The SMILES string of the molecule is ClP1(Cl)=NP(Cl)(NC23CC4CC(CC(C4)C2)C3)=NP(Cl)(Cl)=NP(Cl)(NC23CC4CC(CC(C4)C2)C3)=N1. The molecule has 9 aliphatic rings. The van der Waals surface area contributed by atoms with Crippen molar-refractivity contribution in [1.82, 2.24) is 10.2 Å². The first-order valence-electron chi connectivity index (χ1n) is 13.0. The summed E-state index contributed by atoms with van der Waals surface area (Å²) in [5.41, 5.74) is -0.245. The third-order valence-electron chi connectivity index (χ3n) is 9.74. The van der Waals surface area contributed by atoms with Gasteiger partial charge in [-0.2, -0.15) is 18.1 Å². The molecule has 2 unspecified atom stereocenters. The van der Waals surface area contributed by atoms with Gasteiger partial charge in [-0.25, -0.2) is 10.2 Å². The van der Waals surface area contributed by atoms with Gasteiger partial charge in [-0.1, -0.05) is 0 Å². The second-order valence-corrected chi connectivity index (χ2v) is 29.7. The lowest BCUT2D eigenvalue weighted by Gasteiger charge is -2.57. The molecule has 204 valence electrons. The zero-order valence-corrected chi connectivity index (χ0v) is 27.9. The Kier molecular flexibility index (Phi) is 6.88. The first-order valence-corrected chi connectivity index (χ1v) is 25.2. The fourth-order valence-electron chi connectivity index (χ4n) is 9.83. The lowest BCUT2D eigenvalue weighted by molar-refractivity contribution is -0.00784. The minimum atomic E-state index is -3.31. The number of nitrogens with zero attached hydrogens (tertiary/aromatic N) is 4. The molecule has 9 rings (SSSR count). The fourth-order valence-corrected chi connectivity index (χ4v) is 32.9. The Labute approximate surface area is 243 Å². The predicted molar refractivity (Wildman–Crippen MR) is 161 cm³/mol. The molecule has 0 radical (unpaired) electrons. The molecular formula is C20H32Cl6N6P4. The van der Waals surface area contributed by atoms with Crippen molar-refractivity contribution in [3.63, 3.8) is 0 Å². The third-order valence-corrected chi connectivity index (χ3v) is 26.3.